The zero-order valence-corrected chi connectivity index (χ0v) is 15.4. The van der Waals surface area contributed by atoms with Crippen LogP contribution in [0.25, 0.3) is 0 Å². The van der Waals surface area contributed by atoms with Gasteiger partial charge in [0.25, 0.3) is 0 Å². The van der Waals surface area contributed by atoms with Crippen molar-refractivity contribution in [2.24, 2.45) is 12.8 Å². The summed E-state index contributed by atoms with van der Waals surface area (Å²) in [7, 11) is 1.98. The Morgan fingerprint density at radius 3 is 2.38 bits per heavy atom. The number of aryl methyl sites for hydroxylation is 3. The first-order chi connectivity index (χ1) is 11.3. The molecule has 0 amide bonds. The average molecular weight is 326 g/mol. The number of nitrogens with two attached hydrogens (primary N) is 1. The minimum Gasteiger partial charge on any atom is -0.345 e. The second kappa shape index (κ2) is 7.80. The Morgan fingerprint density at radius 2 is 1.75 bits per heavy atom. The van der Waals surface area contributed by atoms with Gasteiger partial charge in [0, 0.05) is 24.7 Å². The number of hydrogen-bond acceptors (Lipinski definition) is 2. The van der Waals surface area contributed by atoms with Crippen molar-refractivity contribution in [1.29, 1.82) is 0 Å². The van der Waals surface area contributed by atoms with E-state index in [0.29, 0.717) is 6.42 Å². The zero-order chi connectivity index (χ0) is 17.7. The quantitative estimate of drug-likeness (QED) is 0.739. The van der Waals surface area contributed by atoms with Crippen LogP contribution in [-0.2, 0) is 19.9 Å². The monoisotopic (exact) mass is 326 g/mol. The number of rotatable bonds is 8. The minimum atomic E-state index is -0.178. The molecule has 0 fully saturated rings. The van der Waals surface area contributed by atoms with Crippen molar-refractivity contribution in [3.63, 3.8) is 0 Å². The molecule has 0 aliphatic heterocycles. The van der Waals surface area contributed by atoms with Crippen LogP contribution in [0.5, 0.6) is 0 Å². The maximum atomic E-state index is 12.5. The number of hydrogen-bond donors (Lipinski definition) is 1. The van der Waals surface area contributed by atoms with Gasteiger partial charge in [-0.15, -0.1) is 0 Å². The van der Waals surface area contributed by atoms with Crippen molar-refractivity contribution in [1.82, 2.24) is 4.57 Å². The van der Waals surface area contributed by atoms with Crippen molar-refractivity contribution in [2.45, 2.75) is 58.4 Å². The van der Waals surface area contributed by atoms with Crippen LogP contribution in [0.3, 0.4) is 0 Å². The summed E-state index contributed by atoms with van der Waals surface area (Å²) in [5.41, 5.74) is 10.4. The molecule has 0 spiro atoms. The molecule has 0 unspecified atom stereocenters. The number of carbonyl (C=O) groups excluding carboxylic acids is 1. The number of ketones is 1. The Kier molecular flexibility index (Phi) is 6.00. The van der Waals surface area contributed by atoms with Crippen molar-refractivity contribution < 1.29 is 4.79 Å². The van der Waals surface area contributed by atoms with E-state index < -0.39 is 0 Å². The summed E-state index contributed by atoms with van der Waals surface area (Å²) in [6.45, 7) is 6.16. The Balaban J connectivity index is 1.88. The third kappa shape index (κ3) is 5.34. The molecule has 0 saturated heterocycles. The molecule has 24 heavy (non-hydrogen) atoms. The number of benzene rings is 1. The van der Waals surface area contributed by atoms with Crippen LogP contribution in [0, 0.1) is 6.92 Å². The maximum Gasteiger partial charge on any atom is 0.179 e. The normalized spacial score (nSPS) is 11.7. The lowest BCUT2D eigenvalue weighted by Crippen LogP contribution is -2.32. The van der Waals surface area contributed by atoms with Gasteiger partial charge in [-0.2, -0.15) is 0 Å². The smallest absolute Gasteiger partial charge is 0.179 e. The lowest BCUT2D eigenvalue weighted by molar-refractivity contribution is 0.0972. The van der Waals surface area contributed by atoms with Gasteiger partial charge in [-0.3, -0.25) is 4.79 Å². The third-order valence-electron chi connectivity index (χ3n) is 4.53. The Bertz CT molecular complexity index is 675. The standard InChI is InChI=1S/C21H30N2O/c1-16-8-10-17(11-9-16)6-5-7-20(24)19-13-12-18(23(19)4)14-15-21(2,3)22/h8-13H,5-7,14-15,22H2,1-4H3. The SMILES string of the molecule is Cc1ccc(CCCC(=O)c2ccc(CCC(C)(C)N)n2C)cc1. The Hall–Kier alpha value is -1.87. The fraction of sp³-hybridized carbons (Fsp3) is 0.476. The molecule has 0 bridgehead atoms. The highest BCUT2D eigenvalue weighted by Gasteiger charge is 2.15. The molecule has 0 aliphatic rings. The highest BCUT2D eigenvalue weighted by atomic mass is 16.1. The molecule has 1 aromatic carbocycles. The summed E-state index contributed by atoms with van der Waals surface area (Å²) in [5.74, 6) is 0.225. The summed E-state index contributed by atoms with van der Waals surface area (Å²) in [6, 6.07) is 12.6. The molecule has 2 rings (SSSR count). The molecule has 2 aromatic rings. The van der Waals surface area contributed by atoms with E-state index in [2.05, 4.69) is 37.3 Å². The lowest BCUT2D eigenvalue weighted by atomic mass is 9.99. The predicted molar refractivity (Wildman–Crippen MR) is 100 cm³/mol. The molecular formula is C21H30N2O. The highest BCUT2D eigenvalue weighted by molar-refractivity contribution is 5.94. The molecule has 0 saturated carbocycles. The van der Waals surface area contributed by atoms with Gasteiger partial charge in [-0.1, -0.05) is 29.8 Å². The maximum absolute atomic E-state index is 12.5. The summed E-state index contributed by atoms with van der Waals surface area (Å²) in [4.78, 5) is 12.5. The summed E-state index contributed by atoms with van der Waals surface area (Å²) >= 11 is 0. The zero-order valence-electron chi connectivity index (χ0n) is 15.4. The summed E-state index contributed by atoms with van der Waals surface area (Å²) in [5, 5.41) is 0. The first-order valence-corrected chi connectivity index (χ1v) is 8.78. The fourth-order valence-corrected chi connectivity index (χ4v) is 2.87. The number of nitrogens with zero attached hydrogens (tertiary/aromatic N) is 1. The molecule has 2 N–H and O–H groups in total. The molecule has 1 heterocycles. The van der Waals surface area contributed by atoms with E-state index in [9.17, 15) is 4.79 Å². The third-order valence-corrected chi connectivity index (χ3v) is 4.53. The van der Waals surface area contributed by atoms with Gasteiger partial charge < -0.3 is 10.3 Å². The largest absolute Gasteiger partial charge is 0.345 e. The second-order valence-corrected chi connectivity index (χ2v) is 7.52. The second-order valence-electron chi connectivity index (χ2n) is 7.52. The van der Waals surface area contributed by atoms with Crippen LogP contribution in [0.15, 0.2) is 36.4 Å². The number of carbonyl (C=O) groups is 1. The van der Waals surface area contributed by atoms with Crippen molar-refractivity contribution in [2.75, 3.05) is 0 Å². The molecule has 130 valence electrons. The van der Waals surface area contributed by atoms with Crippen LogP contribution in [0.4, 0.5) is 0 Å². The lowest BCUT2D eigenvalue weighted by Gasteiger charge is -2.18. The van der Waals surface area contributed by atoms with Gasteiger partial charge in [0.2, 0.25) is 0 Å². The van der Waals surface area contributed by atoms with Crippen molar-refractivity contribution in [3.8, 4) is 0 Å². The Morgan fingerprint density at radius 1 is 1.08 bits per heavy atom. The molecule has 3 heteroatoms. The van der Waals surface area contributed by atoms with E-state index in [-0.39, 0.29) is 11.3 Å². The molecule has 0 aliphatic carbocycles. The van der Waals surface area contributed by atoms with Crippen LogP contribution in [0.2, 0.25) is 0 Å². The number of aromatic nitrogens is 1. The van der Waals surface area contributed by atoms with Gasteiger partial charge in [-0.25, -0.2) is 0 Å². The van der Waals surface area contributed by atoms with Crippen molar-refractivity contribution in [3.05, 3.63) is 58.9 Å². The van der Waals surface area contributed by atoms with E-state index in [1.165, 1.54) is 16.8 Å². The van der Waals surface area contributed by atoms with Gasteiger partial charge in [0.15, 0.2) is 5.78 Å². The van der Waals surface area contributed by atoms with Crippen LogP contribution < -0.4 is 5.73 Å². The van der Waals surface area contributed by atoms with Crippen LogP contribution in [0.1, 0.15) is 60.4 Å². The highest BCUT2D eigenvalue weighted by Crippen LogP contribution is 2.16. The van der Waals surface area contributed by atoms with Crippen molar-refractivity contribution >= 4 is 5.78 Å². The average Bonchev–Trinajstić information content (AvgIpc) is 2.87. The van der Waals surface area contributed by atoms with E-state index in [0.717, 1.165) is 31.4 Å². The first-order valence-electron chi connectivity index (χ1n) is 8.78. The molecular weight excluding hydrogens is 296 g/mol. The minimum absolute atomic E-state index is 0.178. The van der Waals surface area contributed by atoms with Gasteiger partial charge in [0.05, 0.1) is 5.69 Å². The van der Waals surface area contributed by atoms with Crippen LogP contribution in [-0.4, -0.2) is 15.9 Å². The van der Waals surface area contributed by atoms with Crippen LogP contribution >= 0.6 is 0 Å². The molecule has 1 aromatic heterocycles. The number of Topliss-reactive ketones (excluding diaryl/α,β-unsaturated/α-hetero) is 1. The van der Waals surface area contributed by atoms with E-state index in [1.807, 2.05) is 31.5 Å². The predicted octanol–water partition coefficient (Wildman–Crippen LogP) is 4.21. The fourth-order valence-electron chi connectivity index (χ4n) is 2.87. The van der Waals surface area contributed by atoms with E-state index >= 15 is 0 Å². The summed E-state index contributed by atoms with van der Waals surface area (Å²) < 4.78 is 2.03. The molecule has 0 atom stereocenters. The van der Waals surface area contributed by atoms with E-state index in [4.69, 9.17) is 5.73 Å². The Labute approximate surface area is 145 Å². The first kappa shape index (κ1) is 18.5. The van der Waals surface area contributed by atoms with E-state index in [1.54, 1.807) is 0 Å². The molecule has 0 radical (unpaired) electrons. The topological polar surface area (TPSA) is 48.0 Å². The van der Waals surface area contributed by atoms with Gasteiger partial charge in [-0.05, 0) is 64.2 Å². The summed E-state index contributed by atoms with van der Waals surface area (Å²) in [6.07, 6.45) is 4.24. The van der Waals surface area contributed by atoms with Gasteiger partial charge in [0.1, 0.15) is 0 Å². The molecule has 3 nitrogen and oxygen atoms in total. The van der Waals surface area contributed by atoms with Gasteiger partial charge >= 0.3 is 0 Å².